The number of carbonyl (C=O) groups excluding carboxylic acids is 1. The van der Waals surface area contributed by atoms with Crippen molar-refractivity contribution in [1.82, 2.24) is 0 Å². The number of ether oxygens (including phenoxy) is 2. The molecule has 3 heteroatoms. The van der Waals surface area contributed by atoms with Crippen LogP contribution in [0, 0.1) is 0 Å². The number of hydrogen-bond acceptors (Lipinski definition) is 3. The molecule has 2 fully saturated rings. The van der Waals surface area contributed by atoms with E-state index in [-0.39, 0.29) is 18.2 Å². The molecule has 0 bridgehead atoms. The Morgan fingerprint density at radius 2 is 2.36 bits per heavy atom. The molecule has 0 N–H and O–H groups in total. The van der Waals surface area contributed by atoms with Crippen molar-refractivity contribution in [3.05, 3.63) is 12.2 Å². The van der Waals surface area contributed by atoms with E-state index in [1.165, 1.54) is 0 Å². The number of fused-ring (bicyclic) bond motifs is 1. The van der Waals surface area contributed by atoms with Gasteiger partial charge in [-0.15, -0.1) is 0 Å². The molecule has 1 unspecified atom stereocenters. The monoisotopic (exact) mass is 154 g/mol. The molecule has 2 atom stereocenters. The Morgan fingerprint density at radius 1 is 1.55 bits per heavy atom. The van der Waals surface area contributed by atoms with Gasteiger partial charge in [-0.05, 0) is 12.0 Å². The van der Waals surface area contributed by atoms with E-state index >= 15 is 0 Å². The summed E-state index contributed by atoms with van der Waals surface area (Å²) < 4.78 is 10.4. The maximum Gasteiger partial charge on any atom is 0.306 e. The van der Waals surface area contributed by atoms with Crippen molar-refractivity contribution in [3.63, 3.8) is 0 Å². The van der Waals surface area contributed by atoms with Crippen LogP contribution in [0.2, 0.25) is 0 Å². The van der Waals surface area contributed by atoms with E-state index in [2.05, 4.69) is 6.58 Å². The molecule has 2 aliphatic heterocycles. The minimum atomic E-state index is -0.156. The quantitative estimate of drug-likeness (QED) is 0.379. The van der Waals surface area contributed by atoms with E-state index in [4.69, 9.17) is 9.47 Å². The molecule has 2 saturated heterocycles. The Hall–Kier alpha value is -0.830. The molecule has 2 heterocycles. The third-order valence-corrected chi connectivity index (χ3v) is 2.11. The van der Waals surface area contributed by atoms with Crippen molar-refractivity contribution in [2.45, 2.75) is 25.0 Å². The van der Waals surface area contributed by atoms with Crippen LogP contribution >= 0.6 is 0 Å². The molecule has 0 aromatic heterocycles. The van der Waals surface area contributed by atoms with Gasteiger partial charge in [-0.2, -0.15) is 0 Å². The first kappa shape index (κ1) is 6.85. The highest BCUT2D eigenvalue weighted by Gasteiger charge is 2.38. The van der Waals surface area contributed by atoms with Crippen LogP contribution < -0.4 is 0 Å². The molecule has 2 rings (SSSR count). The Kier molecular flexibility index (Phi) is 1.46. The summed E-state index contributed by atoms with van der Waals surface area (Å²) in [6, 6.07) is 0. The highest BCUT2D eigenvalue weighted by molar-refractivity contribution is 5.71. The zero-order chi connectivity index (χ0) is 7.84. The van der Waals surface area contributed by atoms with E-state index in [1.54, 1.807) is 0 Å². The first-order valence-corrected chi connectivity index (χ1v) is 3.76. The molecule has 3 nitrogen and oxygen atoms in total. The van der Waals surface area contributed by atoms with E-state index in [9.17, 15) is 4.79 Å². The van der Waals surface area contributed by atoms with Crippen LogP contribution in [-0.2, 0) is 14.3 Å². The molecular formula is C8H10O3. The summed E-state index contributed by atoms with van der Waals surface area (Å²) in [6.45, 7) is 4.31. The van der Waals surface area contributed by atoms with Gasteiger partial charge in [0.25, 0.3) is 0 Å². The predicted octanol–water partition coefficient (Wildman–Crippen LogP) is 0.647. The molecular weight excluding hydrogens is 144 g/mol. The average molecular weight is 154 g/mol. The van der Waals surface area contributed by atoms with Gasteiger partial charge in [-0.1, -0.05) is 6.58 Å². The van der Waals surface area contributed by atoms with Gasteiger partial charge in [-0.25, -0.2) is 0 Å². The largest absolute Gasteiger partial charge is 0.455 e. The zero-order valence-corrected chi connectivity index (χ0v) is 6.21. The first-order valence-electron chi connectivity index (χ1n) is 3.76. The standard InChI is InChI=1S/C8H10O3/c1-5-4-10-6-2-3-7(9)11-8(5)6/h6,8H,1-4H2/t6?,8-/m0/s1. The van der Waals surface area contributed by atoms with Crippen molar-refractivity contribution >= 4 is 5.97 Å². The normalized spacial score (nSPS) is 36.7. The van der Waals surface area contributed by atoms with Crippen LogP contribution in [0.1, 0.15) is 12.8 Å². The lowest BCUT2D eigenvalue weighted by molar-refractivity contribution is -0.157. The molecule has 11 heavy (non-hydrogen) atoms. The van der Waals surface area contributed by atoms with E-state index in [0.717, 1.165) is 12.0 Å². The Labute approximate surface area is 65.0 Å². The van der Waals surface area contributed by atoms with Crippen LogP contribution in [0.3, 0.4) is 0 Å². The molecule has 2 aliphatic rings. The third-order valence-electron chi connectivity index (χ3n) is 2.11. The molecule has 60 valence electrons. The van der Waals surface area contributed by atoms with Crippen molar-refractivity contribution < 1.29 is 14.3 Å². The van der Waals surface area contributed by atoms with Gasteiger partial charge in [0.05, 0.1) is 12.7 Å². The fraction of sp³-hybridized carbons (Fsp3) is 0.625. The highest BCUT2D eigenvalue weighted by atomic mass is 16.6. The van der Waals surface area contributed by atoms with Gasteiger partial charge in [-0.3, -0.25) is 4.79 Å². The summed E-state index contributed by atoms with van der Waals surface area (Å²) in [4.78, 5) is 10.8. The molecule has 0 aromatic rings. The summed E-state index contributed by atoms with van der Waals surface area (Å²) in [5, 5.41) is 0. The summed E-state index contributed by atoms with van der Waals surface area (Å²) >= 11 is 0. The first-order chi connectivity index (χ1) is 5.27. The SMILES string of the molecule is C=C1COC2CCC(=O)O[C@@H]12. The van der Waals surface area contributed by atoms with Gasteiger partial charge >= 0.3 is 5.97 Å². The lowest BCUT2D eigenvalue weighted by Crippen LogP contribution is -2.33. The molecule has 0 aliphatic carbocycles. The predicted molar refractivity (Wildman–Crippen MR) is 38.0 cm³/mol. The lowest BCUT2D eigenvalue weighted by atomic mass is 10.0. The minimum absolute atomic E-state index is 0.0835. The Morgan fingerprint density at radius 3 is 3.18 bits per heavy atom. The molecule has 0 radical (unpaired) electrons. The fourth-order valence-corrected chi connectivity index (χ4v) is 1.50. The summed E-state index contributed by atoms with van der Waals surface area (Å²) in [6.07, 6.45) is 1.19. The topological polar surface area (TPSA) is 35.5 Å². The summed E-state index contributed by atoms with van der Waals surface area (Å²) in [5.41, 5.74) is 0.892. The van der Waals surface area contributed by atoms with Crippen LogP contribution in [0.25, 0.3) is 0 Å². The highest BCUT2D eigenvalue weighted by Crippen LogP contribution is 2.28. The number of carbonyl (C=O) groups is 1. The molecule has 0 amide bonds. The van der Waals surface area contributed by atoms with Crippen molar-refractivity contribution in [2.75, 3.05) is 6.61 Å². The second kappa shape index (κ2) is 2.34. The second-order valence-electron chi connectivity index (χ2n) is 2.96. The number of esters is 1. The fourth-order valence-electron chi connectivity index (χ4n) is 1.50. The summed E-state index contributed by atoms with van der Waals surface area (Å²) in [7, 11) is 0. The van der Waals surface area contributed by atoms with Crippen molar-refractivity contribution in [3.8, 4) is 0 Å². The van der Waals surface area contributed by atoms with E-state index in [0.29, 0.717) is 13.0 Å². The maximum atomic E-state index is 10.8. The minimum Gasteiger partial charge on any atom is -0.455 e. The Balaban J connectivity index is 2.13. The molecule has 0 aromatic carbocycles. The lowest BCUT2D eigenvalue weighted by Gasteiger charge is -2.23. The van der Waals surface area contributed by atoms with Gasteiger partial charge in [0.2, 0.25) is 0 Å². The molecule has 0 spiro atoms. The molecule has 0 saturated carbocycles. The van der Waals surface area contributed by atoms with Crippen LogP contribution in [-0.4, -0.2) is 24.8 Å². The number of rotatable bonds is 0. The smallest absolute Gasteiger partial charge is 0.306 e. The average Bonchev–Trinajstić information content (AvgIpc) is 2.33. The van der Waals surface area contributed by atoms with Gasteiger partial charge in [0.1, 0.15) is 0 Å². The second-order valence-corrected chi connectivity index (χ2v) is 2.96. The Bertz CT molecular complexity index is 209. The summed E-state index contributed by atoms with van der Waals surface area (Å²) in [5.74, 6) is -0.127. The van der Waals surface area contributed by atoms with Crippen molar-refractivity contribution in [1.29, 1.82) is 0 Å². The third kappa shape index (κ3) is 1.05. The van der Waals surface area contributed by atoms with E-state index in [1.807, 2.05) is 0 Å². The zero-order valence-electron chi connectivity index (χ0n) is 6.21. The van der Waals surface area contributed by atoms with Crippen molar-refractivity contribution in [2.24, 2.45) is 0 Å². The van der Waals surface area contributed by atoms with Crippen LogP contribution in [0.4, 0.5) is 0 Å². The van der Waals surface area contributed by atoms with Gasteiger partial charge < -0.3 is 9.47 Å². The number of hydrogen-bond donors (Lipinski definition) is 0. The maximum absolute atomic E-state index is 10.8. The van der Waals surface area contributed by atoms with Crippen LogP contribution in [0.5, 0.6) is 0 Å². The van der Waals surface area contributed by atoms with E-state index < -0.39 is 0 Å². The van der Waals surface area contributed by atoms with Crippen LogP contribution in [0.15, 0.2) is 12.2 Å². The van der Waals surface area contributed by atoms with Gasteiger partial charge in [0.15, 0.2) is 6.10 Å². The van der Waals surface area contributed by atoms with Gasteiger partial charge in [0, 0.05) is 6.42 Å².